The highest BCUT2D eigenvalue weighted by Gasteiger charge is 2.26. The van der Waals surface area contributed by atoms with Crippen molar-refractivity contribution in [3.8, 4) is 0 Å². The predicted octanol–water partition coefficient (Wildman–Crippen LogP) is 2.21. The van der Waals surface area contributed by atoms with E-state index in [0.717, 1.165) is 54.9 Å². The highest BCUT2D eigenvalue weighted by atomic mass is 16.2. The molecule has 1 amide bonds. The van der Waals surface area contributed by atoms with E-state index in [2.05, 4.69) is 20.4 Å². The third-order valence-electron chi connectivity index (χ3n) is 4.30. The molecule has 2 N–H and O–H groups in total. The zero-order chi connectivity index (χ0) is 15.7. The first-order valence-electron chi connectivity index (χ1n) is 7.97. The monoisotopic (exact) mass is 301 g/mol. The molecule has 0 saturated heterocycles. The predicted molar refractivity (Wildman–Crippen MR) is 83.7 cm³/mol. The number of amides is 1. The molecule has 3 rings (SSSR count). The van der Waals surface area contributed by atoms with Gasteiger partial charge in [0, 0.05) is 24.5 Å². The van der Waals surface area contributed by atoms with Crippen LogP contribution in [0.1, 0.15) is 65.5 Å². The summed E-state index contributed by atoms with van der Waals surface area (Å²) >= 11 is 0. The first-order valence-corrected chi connectivity index (χ1v) is 7.97. The Labute approximate surface area is 130 Å². The van der Waals surface area contributed by atoms with Crippen LogP contribution in [0.15, 0.2) is 6.20 Å². The molecule has 0 bridgehead atoms. The van der Waals surface area contributed by atoms with E-state index in [0.29, 0.717) is 5.69 Å². The molecule has 0 fully saturated rings. The van der Waals surface area contributed by atoms with Gasteiger partial charge in [-0.05, 0) is 39.0 Å². The van der Waals surface area contributed by atoms with E-state index in [1.807, 2.05) is 20.9 Å². The molecule has 0 radical (unpaired) electrons. The number of hydrogen-bond donors (Lipinski definition) is 2. The molecule has 22 heavy (non-hydrogen) atoms. The number of nitrogens with zero attached hydrogens (tertiary/aromatic N) is 3. The van der Waals surface area contributed by atoms with Crippen LogP contribution < -0.4 is 5.32 Å². The van der Waals surface area contributed by atoms with Crippen molar-refractivity contribution in [3.05, 3.63) is 34.7 Å². The van der Waals surface area contributed by atoms with Crippen molar-refractivity contribution in [2.24, 2.45) is 7.05 Å². The van der Waals surface area contributed by atoms with Crippen LogP contribution in [0, 0.1) is 6.92 Å². The number of hydrogen-bond acceptors (Lipinski definition) is 3. The third-order valence-corrected chi connectivity index (χ3v) is 4.30. The van der Waals surface area contributed by atoms with E-state index in [4.69, 9.17) is 0 Å². The molecule has 0 saturated carbocycles. The van der Waals surface area contributed by atoms with Crippen LogP contribution >= 0.6 is 0 Å². The van der Waals surface area contributed by atoms with E-state index in [1.54, 1.807) is 10.9 Å². The van der Waals surface area contributed by atoms with Crippen LogP contribution in [0.25, 0.3) is 0 Å². The SMILES string of the molecule is CCC(NC(=O)c1c2c(nn1C)CCCC2)c1ncc(C)[nH]1. The van der Waals surface area contributed by atoms with Gasteiger partial charge >= 0.3 is 0 Å². The number of aryl methyl sites for hydroxylation is 3. The normalized spacial score (nSPS) is 15.4. The maximum Gasteiger partial charge on any atom is 0.270 e. The van der Waals surface area contributed by atoms with Crippen molar-refractivity contribution >= 4 is 5.91 Å². The lowest BCUT2D eigenvalue weighted by molar-refractivity contribution is 0.0923. The fourth-order valence-corrected chi connectivity index (χ4v) is 3.17. The third kappa shape index (κ3) is 2.65. The molecular formula is C16H23N5O. The van der Waals surface area contributed by atoms with E-state index in [1.165, 1.54) is 0 Å². The van der Waals surface area contributed by atoms with E-state index in [9.17, 15) is 4.79 Å². The van der Waals surface area contributed by atoms with Gasteiger partial charge < -0.3 is 10.3 Å². The minimum atomic E-state index is -0.102. The number of nitrogens with one attached hydrogen (secondary N) is 2. The zero-order valence-corrected chi connectivity index (χ0v) is 13.4. The van der Waals surface area contributed by atoms with Gasteiger partial charge in [-0.25, -0.2) is 4.98 Å². The lowest BCUT2D eigenvalue weighted by Crippen LogP contribution is -2.31. The molecule has 1 aliphatic rings. The zero-order valence-electron chi connectivity index (χ0n) is 13.4. The topological polar surface area (TPSA) is 75.6 Å². The number of aromatic nitrogens is 4. The quantitative estimate of drug-likeness (QED) is 0.909. The number of H-pyrrole nitrogens is 1. The van der Waals surface area contributed by atoms with Crippen LogP contribution in [0.4, 0.5) is 0 Å². The summed E-state index contributed by atoms with van der Waals surface area (Å²) in [6.07, 6.45) is 6.80. The summed E-state index contributed by atoms with van der Waals surface area (Å²) in [6.45, 7) is 4.00. The highest BCUT2D eigenvalue weighted by Crippen LogP contribution is 2.24. The molecule has 2 heterocycles. The molecule has 1 aliphatic carbocycles. The second-order valence-corrected chi connectivity index (χ2v) is 5.99. The van der Waals surface area contributed by atoms with Crippen LogP contribution in [-0.2, 0) is 19.9 Å². The number of fused-ring (bicyclic) bond motifs is 1. The first kappa shape index (κ1) is 14.8. The molecular weight excluding hydrogens is 278 g/mol. The van der Waals surface area contributed by atoms with E-state index in [-0.39, 0.29) is 11.9 Å². The van der Waals surface area contributed by atoms with Crippen molar-refractivity contribution < 1.29 is 4.79 Å². The van der Waals surface area contributed by atoms with Gasteiger partial charge in [0.05, 0.1) is 11.7 Å². The molecule has 2 aromatic rings. The van der Waals surface area contributed by atoms with Gasteiger partial charge in [0.25, 0.3) is 5.91 Å². The van der Waals surface area contributed by atoms with Crippen molar-refractivity contribution in [1.29, 1.82) is 0 Å². The van der Waals surface area contributed by atoms with Gasteiger partial charge in [-0.3, -0.25) is 9.48 Å². The Morgan fingerprint density at radius 1 is 1.45 bits per heavy atom. The summed E-state index contributed by atoms with van der Waals surface area (Å²) in [5.41, 5.74) is 3.91. The summed E-state index contributed by atoms with van der Waals surface area (Å²) in [7, 11) is 1.85. The van der Waals surface area contributed by atoms with Gasteiger partial charge in [0.1, 0.15) is 11.5 Å². The second kappa shape index (κ2) is 5.94. The molecule has 6 nitrogen and oxygen atoms in total. The van der Waals surface area contributed by atoms with Crippen LogP contribution in [0.2, 0.25) is 0 Å². The Kier molecular flexibility index (Phi) is 4.00. The van der Waals surface area contributed by atoms with Gasteiger partial charge in [-0.2, -0.15) is 5.10 Å². The van der Waals surface area contributed by atoms with Crippen LogP contribution in [0.5, 0.6) is 0 Å². The molecule has 0 aliphatic heterocycles. The van der Waals surface area contributed by atoms with Crippen molar-refractivity contribution in [1.82, 2.24) is 25.1 Å². The van der Waals surface area contributed by atoms with Gasteiger partial charge in [0.15, 0.2) is 0 Å². The molecule has 118 valence electrons. The number of aromatic amines is 1. The number of carbonyl (C=O) groups is 1. The Morgan fingerprint density at radius 2 is 2.23 bits per heavy atom. The first-order chi connectivity index (χ1) is 10.6. The Bertz CT molecular complexity index is 685. The average molecular weight is 301 g/mol. The fourth-order valence-electron chi connectivity index (χ4n) is 3.17. The minimum absolute atomic E-state index is 0.0564. The van der Waals surface area contributed by atoms with Gasteiger partial charge in [0.2, 0.25) is 0 Å². The maximum atomic E-state index is 12.7. The molecule has 2 aromatic heterocycles. The van der Waals surface area contributed by atoms with Gasteiger partial charge in [-0.1, -0.05) is 6.92 Å². The summed E-state index contributed by atoms with van der Waals surface area (Å²) in [5.74, 6) is 0.753. The lowest BCUT2D eigenvalue weighted by Gasteiger charge is -2.16. The smallest absolute Gasteiger partial charge is 0.270 e. The number of imidazole rings is 1. The standard InChI is InChI=1S/C16H23N5O/c1-4-12(15-17-9-10(2)18-15)19-16(22)14-11-7-5-6-8-13(11)20-21(14)3/h9,12H,4-8H2,1-3H3,(H,17,18)(H,19,22). The van der Waals surface area contributed by atoms with Gasteiger partial charge in [-0.15, -0.1) is 0 Å². The average Bonchev–Trinajstić information content (AvgIpc) is 3.07. The van der Waals surface area contributed by atoms with Crippen molar-refractivity contribution in [3.63, 3.8) is 0 Å². The van der Waals surface area contributed by atoms with Crippen LogP contribution in [0.3, 0.4) is 0 Å². The van der Waals surface area contributed by atoms with E-state index < -0.39 is 0 Å². The lowest BCUT2D eigenvalue weighted by atomic mass is 9.95. The summed E-state index contributed by atoms with van der Waals surface area (Å²) in [4.78, 5) is 20.3. The Morgan fingerprint density at radius 3 is 2.91 bits per heavy atom. The molecule has 6 heteroatoms. The van der Waals surface area contributed by atoms with E-state index >= 15 is 0 Å². The molecule has 0 aromatic carbocycles. The second-order valence-electron chi connectivity index (χ2n) is 5.99. The number of carbonyl (C=O) groups excluding carboxylic acids is 1. The maximum absolute atomic E-state index is 12.7. The Hall–Kier alpha value is -2.11. The Balaban J connectivity index is 1.83. The molecule has 0 spiro atoms. The summed E-state index contributed by atoms with van der Waals surface area (Å²) < 4.78 is 1.73. The van der Waals surface area contributed by atoms with Crippen LogP contribution in [-0.4, -0.2) is 25.7 Å². The molecule has 1 unspecified atom stereocenters. The fraction of sp³-hybridized carbons (Fsp3) is 0.562. The number of rotatable bonds is 4. The summed E-state index contributed by atoms with van der Waals surface area (Å²) in [5, 5.41) is 7.61. The largest absolute Gasteiger partial charge is 0.344 e. The van der Waals surface area contributed by atoms with Crippen molar-refractivity contribution in [2.75, 3.05) is 0 Å². The van der Waals surface area contributed by atoms with Crippen molar-refractivity contribution in [2.45, 2.75) is 52.0 Å². The minimum Gasteiger partial charge on any atom is -0.344 e. The molecule has 1 atom stereocenters. The summed E-state index contributed by atoms with van der Waals surface area (Å²) in [6, 6.07) is -0.102. The highest BCUT2D eigenvalue weighted by molar-refractivity contribution is 5.94.